The Hall–Kier alpha value is -2.04. The summed E-state index contributed by atoms with van der Waals surface area (Å²) in [7, 11) is 0. The molecule has 5 heteroatoms. The van der Waals surface area contributed by atoms with Gasteiger partial charge in [0.25, 0.3) is 0 Å². The van der Waals surface area contributed by atoms with Crippen molar-refractivity contribution in [3.63, 3.8) is 0 Å². The van der Waals surface area contributed by atoms with E-state index < -0.39 is 5.97 Å². The number of hydrogen-bond acceptors (Lipinski definition) is 3. The van der Waals surface area contributed by atoms with Crippen molar-refractivity contribution in [2.45, 2.75) is 0 Å². The zero-order valence-electron chi connectivity index (χ0n) is 6.48. The second-order valence-electron chi connectivity index (χ2n) is 2.58. The zero-order valence-corrected chi connectivity index (χ0v) is 6.48. The van der Waals surface area contributed by atoms with Crippen molar-refractivity contribution in [3.8, 4) is 5.75 Å². The average Bonchev–Trinajstić information content (AvgIpc) is 2.49. The van der Waals surface area contributed by atoms with Crippen molar-refractivity contribution in [1.82, 2.24) is 9.97 Å². The van der Waals surface area contributed by atoms with E-state index in [2.05, 4.69) is 9.97 Å². The summed E-state index contributed by atoms with van der Waals surface area (Å²) < 4.78 is 0. The quantitative estimate of drug-likeness (QED) is 0.607. The molecule has 0 spiro atoms. The van der Waals surface area contributed by atoms with E-state index in [1.54, 1.807) is 0 Å². The smallest absolute Gasteiger partial charge is 0.352 e. The summed E-state index contributed by atoms with van der Waals surface area (Å²) in [4.78, 5) is 17.0. The molecule has 0 saturated heterocycles. The fraction of sp³-hybridized carbons (Fsp3) is 0. The van der Waals surface area contributed by atoms with Gasteiger partial charge in [-0.05, 0) is 12.1 Å². The second kappa shape index (κ2) is 2.48. The minimum Gasteiger partial charge on any atom is -0.507 e. The van der Waals surface area contributed by atoms with Gasteiger partial charge in [0, 0.05) is 6.20 Å². The van der Waals surface area contributed by atoms with Crippen LogP contribution in [0.4, 0.5) is 0 Å². The summed E-state index contributed by atoms with van der Waals surface area (Å²) in [6, 6.07) is 2.75. The van der Waals surface area contributed by atoms with Gasteiger partial charge in [-0.3, -0.25) is 0 Å². The van der Waals surface area contributed by atoms with Crippen LogP contribution in [0.2, 0.25) is 0 Å². The lowest BCUT2D eigenvalue weighted by atomic mass is 10.3. The molecule has 66 valence electrons. The van der Waals surface area contributed by atoms with Crippen molar-refractivity contribution >= 4 is 17.0 Å². The molecule has 2 rings (SSSR count). The molecule has 2 heterocycles. The highest BCUT2D eigenvalue weighted by Gasteiger charge is 2.09. The number of hydrogen-bond donors (Lipinski definition) is 3. The van der Waals surface area contributed by atoms with Crippen LogP contribution in [0.15, 0.2) is 18.3 Å². The molecule has 3 N–H and O–H groups in total. The molecule has 0 amide bonds. The molecular formula is C8H6N2O3. The van der Waals surface area contributed by atoms with E-state index in [4.69, 9.17) is 5.11 Å². The number of aromatic hydroxyl groups is 1. The maximum absolute atomic E-state index is 10.5. The highest BCUT2D eigenvalue weighted by atomic mass is 16.4. The number of H-pyrrole nitrogens is 1. The minimum absolute atomic E-state index is 0.0176. The van der Waals surface area contributed by atoms with Crippen LogP contribution < -0.4 is 0 Å². The fourth-order valence-electron chi connectivity index (χ4n) is 1.13. The molecule has 5 nitrogen and oxygen atoms in total. The molecule has 0 radical (unpaired) electrons. The molecular weight excluding hydrogens is 172 g/mol. The van der Waals surface area contributed by atoms with Gasteiger partial charge in [0.1, 0.15) is 17.1 Å². The lowest BCUT2D eigenvalue weighted by Crippen LogP contribution is -1.94. The predicted molar refractivity (Wildman–Crippen MR) is 44.7 cm³/mol. The van der Waals surface area contributed by atoms with Gasteiger partial charge in [-0.25, -0.2) is 9.78 Å². The third-order valence-electron chi connectivity index (χ3n) is 1.74. The summed E-state index contributed by atoms with van der Waals surface area (Å²) >= 11 is 0. The molecule has 2 aromatic heterocycles. The van der Waals surface area contributed by atoms with Crippen molar-refractivity contribution in [3.05, 3.63) is 24.0 Å². The molecule has 0 bridgehead atoms. The summed E-state index contributed by atoms with van der Waals surface area (Å²) in [6.07, 6.45) is 1.40. The van der Waals surface area contributed by atoms with Crippen LogP contribution in [-0.2, 0) is 0 Å². The Balaban J connectivity index is 2.75. The molecule has 0 aromatic carbocycles. The van der Waals surface area contributed by atoms with E-state index in [0.29, 0.717) is 11.0 Å². The zero-order chi connectivity index (χ0) is 9.42. The van der Waals surface area contributed by atoms with Gasteiger partial charge in [0.2, 0.25) is 0 Å². The van der Waals surface area contributed by atoms with Gasteiger partial charge in [-0.15, -0.1) is 0 Å². The molecule has 0 aliphatic rings. The number of aromatic carboxylic acids is 1. The summed E-state index contributed by atoms with van der Waals surface area (Å²) in [5.74, 6) is -1.05. The number of nitrogens with zero attached hydrogens (tertiary/aromatic N) is 1. The number of rotatable bonds is 1. The first-order valence-corrected chi connectivity index (χ1v) is 3.58. The van der Waals surface area contributed by atoms with Gasteiger partial charge >= 0.3 is 5.97 Å². The average molecular weight is 178 g/mol. The van der Waals surface area contributed by atoms with E-state index in [1.165, 1.54) is 18.3 Å². The van der Waals surface area contributed by atoms with Gasteiger partial charge in [-0.2, -0.15) is 0 Å². The maximum atomic E-state index is 10.5. The molecule has 0 aliphatic carbocycles. The lowest BCUT2D eigenvalue weighted by Gasteiger charge is -1.90. The van der Waals surface area contributed by atoms with E-state index in [-0.39, 0.29) is 11.4 Å². The Bertz CT molecular complexity index is 475. The number of carbonyl (C=O) groups is 1. The second-order valence-corrected chi connectivity index (χ2v) is 2.58. The highest BCUT2D eigenvalue weighted by Crippen LogP contribution is 2.22. The molecule has 2 aromatic rings. The van der Waals surface area contributed by atoms with Crippen LogP contribution in [-0.4, -0.2) is 26.2 Å². The molecule has 0 atom stereocenters. The van der Waals surface area contributed by atoms with Gasteiger partial charge in [0.15, 0.2) is 0 Å². The number of nitrogens with one attached hydrogen (secondary N) is 1. The van der Waals surface area contributed by atoms with Crippen molar-refractivity contribution in [2.24, 2.45) is 0 Å². The first kappa shape index (κ1) is 7.60. The largest absolute Gasteiger partial charge is 0.507 e. The van der Waals surface area contributed by atoms with Crippen LogP contribution in [0.25, 0.3) is 11.0 Å². The Morgan fingerprint density at radius 2 is 2.31 bits per heavy atom. The standard InChI is InChI=1S/C8H6N2O3/c11-6-1-2-9-7-4(6)3-5(10-7)8(12)13/h1-3H,(H,12,13)(H2,9,10,11). The van der Waals surface area contributed by atoms with Crippen LogP contribution >= 0.6 is 0 Å². The summed E-state index contributed by atoms with van der Waals surface area (Å²) in [6.45, 7) is 0. The monoisotopic (exact) mass is 178 g/mol. The Labute approximate surface area is 72.7 Å². The number of carboxylic acid groups (broad SMARTS) is 1. The van der Waals surface area contributed by atoms with Crippen molar-refractivity contribution in [2.75, 3.05) is 0 Å². The summed E-state index contributed by atoms with van der Waals surface area (Å²) in [5.41, 5.74) is 0.390. The predicted octanol–water partition coefficient (Wildman–Crippen LogP) is 0.967. The molecule has 13 heavy (non-hydrogen) atoms. The Morgan fingerprint density at radius 3 is 2.92 bits per heavy atom. The normalized spacial score (nSPS) is 10.5. The van der Waals surface area contributed by atoms with Crippen LogP contribution in [0.1, 0.15) is 10.5 Å². The van der Waals surface area contributed by atoms with Crippen molar-refractivity contribution < 1.29 is 15.0 Å². The summed E-state index contributed by atoms with van der Waals surface area (Å²) in [5, 5.41) is 18.4. The Kier molecular flexibility index (Phi) is 1.45. The fourth-order valence-corrected chi connectivity index (χ4v) is 1.13. The highest BCUT2D eigenvalue weighted by molar-refractivity contribution is 5.94. The lowest BCUT2D eigenvalue weighted by molar-refractivity contribution is 0.0691. The van der Waals surface area contributed by atoms with E-state index in [1.807, 2.05) is 0 Å². The van der Waals surface area contributed by atoms with Gasteiger partial charge < -0.3 is 15.2 Å². The van der Waals surface area contributed by atoms with Crippen LogP contribution in [0, 0.1) is 0 Å². The van der Waals surface area contributed by atoms with E-state index >= 15 is 0 Å². The number of carboxylic acids is 1. The number of aromatic nitrogens is 2. The SMILES string of the molecule is O=C(O)c1cc2c(O)ccnc2[nH]1. The van der Waals surface area contributed by atoms with E-state index in [0.717, 1.165) is 0 Å². The Morgan fingerprint density at radius 1 is 1.54 bits per heavy atom. The van der Waals surface area contributed by atoms with Gasteiger partial charge in [-0.1, -0.05) is 0 Å². The van der Waals surface area contributed by atoms with E-state index in [9.17, 15) is 9.90 Å². The number of aromatic amines is 1. The third kappa shape index (κ3) is 1.10. The molecule has 0 saturated carbocycles. The number of fused-ring (bicyclic) bond motifs is 1. The first-order valence-electron chi connectivity index (χ1n) is 3.58. The van der Waals surface area contributed by atoms with Crippen molar-refractivity contribution in [1.29, 1.82) is 0 Å². The van der Waals surface area contributed by atoms with Gasteiger partial charge in [0.05, 0.1) is 5.39 Å². The molecule has 0 fully saturated rings. The maximum Gasteiger partial charge on any atom is 0.352 e. The molecule has 0 unspecified atom stereocenters. The topological polar surface area (TPSA) is 86.2 Å². The minimum atomic E-state index is -1.07. The first-order chi connectivity index (χ1) is 6.18. The molecule has 0 aliphatic heterocycles. The third-order valence-corrected chi connectivity index (χ3v) is 1.74. The van der Waals surface area contributed by atoms with Crippen LogP contribution in [0.3, 0.4) is 0 Å². The number of pyridine rings is 1. The van der Waals surface area contributed by atoms with Crippen LogP contribution in [0.5, 0.6) is 5.75 Å².